The average molecular weight is 334 g/mol. The van der Waals surface area contributed by atoms with Gasteiger partial charge in [-0.3, -0.25) is 0 Å². The molecule has 0 aliphatic rings. The van der Waals surface area contributed by atoms with Crippen LogP contribution in [0.4, 0.5) is 4.39 Å². The summed E-state index contributed by atoms with van der Waals surface area (Å²) in [5.41, 5.74) is 2.13. The van der Waals surface area contributed by atoms with E-state index in [0.717, 1.165) is 26.7 Å². The van der Waals surface area contributed by atoms with Crippen LogP contribution in [0.25, 0.3) is 10.9 Å². The molecule has 3 aromatic rings. The smallest absolute Gasteiger partial charge is 0.123 e. The summed E-state index contributed by atoms with van der Waals surface area (Å²) in [6, 6.07) is 12.6. The van der Waals surface area contributed by atoms with Crippen LogP contribution < -0.4 is 4.74 Å². The molecule has 2 nitrogen and oxygen atoms in total. The van der Waals surface area contributed by atoms with Crippen LogP contribution in [0.3, 0.4) is 0 Å². The van der Waals surface area contributed by atoms with Gasteiger partial charge in [0.15, 0.2) is 0 Å². The molecule has 20 heavy (non-hydrogen) atoms. The fourth-order valence-electron chi connectivity index (χ4n) is 2.29. The number of hydrogen-bond donors (Lipinski definition) is 0. The van der Waals surface area contributed by atoms with E-state index >= 15 is 0 Å². The van der Waals surface area contributed by atoms with Gasteiger partial charge in [0, 0.05) is 28.1 Å². The summed E-state index contributed by atoms with van der Waals surface area (Å²) in [5.74, 6) is 0.614. The molecule has 4 heteroatoms. The maximum atomic E-state index is 13.2. The summed E-state index contributed by atoms with van der Waals surface area (Å²) >= 11 is 3.55. The lowest BCUT2D eigenvalue weighted by Crippen LogP contribution is -1.99. The highest BCUT2D eigenvalue weighted by molar-refractivity contribution is 9.10. The van der Waals surface area contributed by atoms with Gasteiger partial charge in [0.05, 0.1) is 7.11 Å². The maximum Gasteiger partial charge on any atom is 0.123 e. The maximum absolute atomic E-state index is 13.2. The van der Waals surface area contributed by atoms with Crippen molar-refractivity contribution in [3.05, 3.63) is 64.5 Å². The zero-order valence-corrected chi connectivity index (χ0v) is 12.5. The number of methoxy groups -OCH3 is 1. The van der Waals surface area contributed by atoms with Gasteiger partial charge in [-0.15, -0.1) is 0 Å². The van der Waals surface area contributed by atoms with E-state index in [0.29, 0.717) is 6.54 Å². The standard InChI is InChI=1S/C16H13BrFNO/c1-20-14-3-4-15(17)12(9-14)10-19-7-6-11-8-13(18)2-5-16(11)19/h2-9H,10H2,1H3. The predicted octanol–water partition coefficient (Wildman–Crippen LogP) is 4.60. The number of benzene rings is 2. The first-order chi connectivity index (χ1) is 9.67. The Morgan fingerprint density at radius 2 is 2.00 bits per heavy atom. The lowest BCUT2D eigenvalue weighted by molar-refractivity contribution is 0.414. The van der Waals surface area contributed by atoms with E-state index < -0.39 is 0 Å². The van der Waals surface area contributed by atoms with Gasteiger partial charge in [0.2, 0.25) is 0 Å². The highest BCUT2D eigenvalue weighted by Crippen LogP contribution is 2.25. The molecule has 0 aliphatic heterocycles. The Hall–Kier alpha value is -1.81. The third-order valence-corrected chi connectivity index (χ3v) is 4.10. The number of ether oxygens (including phenoxy) is 1. The van der Waals surface area contributed by atoms with E-state index in [9.17, 15) is 4.39 Å². The third-order valence-electron chi connectivity index (χ3n) is 3.33. The summed E-state index contributed by atoms with van der Waals surface area (Å²) in [5, 5.41) is 0.906. The molecule has 2 aromatic carbocycles. The molecule has 0 spiro atoms. The Labute approximate surface area is 124 Å². The first kappa shape index (κ1) is 13.2. The second-order valence-electron chi connectivity index (χ2n) is 4.60. The minimum Gasteiger partial charge on any atom is -0.497 e. The largest absolute Gasteiger partial charge is 0.497 e. The van der Waals surface area contributed by atoms with E-state index in [1.807, 2.05) is 30.5 Å². The fraction of sp³-hybridized carbons (Fsp3) is 0.125. The molecule has 0 fully saturated rings. The van der Waals surface area contributed by atoms with Crippen LogP contribution in [0.1, 0.15) is 5.56 Å². The van der Waals surface area contributed by atoms with Crippen LogP contribution in [-0.2, 0) is 6.54 Å². The number of hydrogen-bond acceptors (Lipinski definition) is 1. The zero-order valence-electron chi connectivity index (χ0n) is 10.9. The zero-order chi connectivity index (χ0) is 14.1. The van der Waals surface area contributed by atoms with Gasteiger partial charge in [-0.1, -0.05) is 15.9 Å². The van der Waals surface area contributed by atoms with E-state index in [1.165, 1.54) is 6.07 Å². The van der Waals surface area contributed by atoms with Gasteiger partial charge in [0.25, 0.3) is 0 Å². The molecule has 0 unspecified atom stereocenters. The van der Waals surface area contributed by atoms with Gasteiger partial charge >= 0.3 is 0 Å². The van der Waals surface area contributed by atoms with Crippen molar-refractivity contribution in [2.45, 2.75) is 6.54 Å². The summed E-state index contributed by atoms with van der Waals surface area (Å²) < 4.78 is 21.6. The average Bonchev–Trinajstić information content (AvgIpc) is 2.83. The van der Waals surface area contributed by atoms with E-state index in [4.69, 9.17) is 4.74 Å². The van der Waals surface area contributed by atoms with E-state index in [-0.39, 0.29) is 5.82 Å². The predicted molar refractivity (Wildman–Crippen MR) is 81.7 cm³/mol. The molecule has 1 aromatic heterocycles. The van der Waals surface area contributed by atoms with Crippen LogP contribution in [0.2, 0.25) is 0 Å². The first-order valence-electron chi connectivity index (χ1n) is 6.24. The Bertz CT molecular complexity index is 766. The lowest BCUT2D eigenvalue weighted by atomic mass is 10.2. The highest BCUT2D eigenvalue weighted by Gasteiger charge is 2.06. The summed E-state index contributed by atoms with van der Waals surface area (Å²) in [6.07, 6.45) is 1.97. The number of rotatable bonds is 3. The Kier molecular flexibility index (Phi) is 3.49. The van der Waals surface area contributed by atoms with Crippen LogP contribution in [0.5, 0.6) is 5.75 Å². The molecular formula is C16H13BrFNO. The van der Waals surface area contributed by atoms with Crippen LogP contribution in [0, 0.1) is 5.82 Å². The molecule has 0 aliphatic carbocycles. The van der Waals surface area contributed by atoms with E-state index in [2.05, 4.69) is 20.5 Å². The molecule has 0 N–H and O–H groups in total. The molecule has 0 amide bonds. The third kappa shape index (κ3) is 2.43. The van der Waals surface area contributed by atoms with Crippen LogP contribution in [0.15, 0.2) is 53.1 Å². The molecular weight excluding hydrogens is 321 g/mol. The van der Waals surface area contributed by atoms with Crippen molar-refractivity contribution in [2.75, 3.05) is 7.11 Å². The van der Waals surface area contributed by atoms with Gasteiger partial charge in [-0.05, 0) is 48.0 Å². The number of aromatic nitrogens is 1. The molecule has 0 bridgehead atoms. The van der Waals surface area contributed by atoms with Gasteiger partial charge in [-0.25, -0.2) is 4.39 Å². The van der Waals surface area contributed by atoms with Crippen LogP contribution in [-0.4, -0.2) is 11.7 Å². The second kappa shape index (κ2) is 5.29. The van der Waals surface area contributed by atoms with Crippen molar-refractivity contribution in [3.63, 3.8) is 0 Å². The molecule has 1 heterocycles. The SMILES string of the molecule is COc1ccc(Br)c(Cn2ccc3cc(F)ccc32)c1. The Balaban J connectivity index is 2.01. The normalized spacial score (nSPS) is 10.9. The number of halogens is 2. The first-order valence-corrected chi connectivity index (χ1v) is 7.03. The quantitative estimate of drug-likeness (QED) is 0.683. The van der Waals surface area contributed by atoms with Crippen molar-refractivity contribution < 1.29 is 9.13 Å². The summed E-state index contributed by atoms with van der Waals surface area (Å²) in [4.78, 5) is 0. The minimum absolute atomic E-state index is 0.210. The van der Waals surface area contributed by atoms with Crippen LogP contribution >= 0.6 is 15.9 Å². The molecule has 0 atom stereocenters. The fourth-order valence-corrected chi connectivity index (χ4v) is 2.66. The molecule has 0 radical (unpaired) electrons. The van der Waals surface area contributed by atoms with E-state index in [1.54, 1.807) is 19.2 Å². The monoisotopic (exact) mass is 333 g/mol. The van der Waals surface area contributed by atoms with Crippen molar-refractivity contribution in [1.82, 2.24) is 4.57 Å². The van der Waals surface area contributed by atoms with Crippen molar-refractivity contribution in [1.29, 1.82) is 0 Å². The Morgan fingerprint density at radius 1 is 1.15 bits per heavy atom. The molecule has 0 saturated heterocycles. The lowest BCUT2D eigenvalue weighted by Gasteiger charge is -2.10. The molecule has 102 valence electrons. The van der Waals surface area contributed by atoms with Crippen molar-refractivity contribution in [3.8, 4) is 5.75 Å². The van der Waals surface area contributed by atoms with Crippen molar-refractivity contribution >= 4 is 26.8 Å². The minimum atomic E-state index is -0.210. The number of nitrogens with zero attached hydrogens (tertiary/aromatic N) is 1. The number of fused-ring (bicyclic) bond motifs is 1. The molecule has 0 saturated carbocycles. The van der Waals surface area contributed by atoms with Gasteiger partial charge in [0.1, 0.15) is 11.6 Å². The van der Waals surface area contributed by atoms with Crippen molar-refractivity contribution in [2.24, 2.45) is 0 Å². The summed E-state index contributed by atoms with van der Waals surface area (Å²) in [7, 11) is 1.65. The summed E-state index contributed by atoms with van der Waals surface area (Å²) in [6.45, 7) is 0.701. The highest BCUT2D eigenvalue weighted by atomic mass is 79.9. The Morgan fingerprint density at radius 3 is 2.80 bits per heavy atom. The molecule has 3 rings (SSSR count). The second-order valence-corrected chi connectivity index (χ2v) is 5.46. The topological polar surface area (TPSA) is 14.2 Å². The van der Waals surface area contributed by atoms with Gasteiger partial charge < -0.3 is 9.30 Å². The van der Waals surface area contributed by atoms with Gasteiger partial charge in [-0.2, -0.15) is 0 Å².